The Morgan fingerprint density at radius 1 is 1.35 bits per heavy atom. The summed E-state index contributed by atoms with van der Waals surface area (Å²) in [6.45, 7) is 4.06. The van der Waals surface area contributed by atoms with E-state index in [1.807, 2.05) is 14.0 Å². The number of hydrogen-bond donors (Lipinski definition) is 1. The molecule has 1 fully saturated rings. The highest BCUT2D eigenvalue weighted by Gasteiger charge is 2.35. The molecule has 5 heteroatoms. The van der Waals surface area contributed by atoms with Gasteiger partial charge in [0.25, 0.3) is 0 Å². The average Bonchev–Trinajstić information content (AvgIpc) is 2.96. The quantitative estimate of drug-likeness (QED) is 0.869. The van der Waals surface area contributed by atoms with Crippen LogP contribution in [-0.4, -0.2) is 29.8 Å². The second kappa shape index (κ2) is 6.22. The third-order valence-corrected chi connectivity index (χ3v) is 4.90. The van der Waals surface area contributed by atoms with Gasteiger partial charge in [0.1, 0.15) is 5.60 Å². The maximum atomic E-state index is 5.53. The van der Waals surface area contributed by atoms with E-state index in [2.05, 4.69) is 22.4 Å². The molecule has 0 spiro atoms. The van der Waals surface area contributed by atoms with Crippen molar-refractivity contribution in [2.45, 2.75) is 69.9 Å². The first kappa shape index (κ1) is 15.4. The molecule has 20 heavy (non-hydrogen) atoms. The first-order valence-electron chi connectivity index (χ1n) is 7.64. The first-order chi connectivity index (χ1) is 9.57. The highest BCUT2D eigenvalue weighted by Crippen LogP contribution is 2.32. The lowest BCUT2D eigenvalue weighted by Gasteiger charge is -2.36. The molecule has 0 radical (unpaired) electrons. The van der Waals surface area contributed by atoms with Crippen molar-refractivity contribution in [3.8, 4) is 0 Å². The minimum absolute atomic E-state index is 0.123. The smallest absolute Gasteiger partial charge is 0.228 e. The summed E-state index contributed by atoms with van der Waals surface area (Å²) in [5.74, 6) is 1.37. The van der Waals surface area contributed by atoms with Crippen molar-refractivity contribution in [3.63, 3.8) is 0 Å². The van der Waals surface area contributed by atoms with E-state index in [9.17, 15) is 0 Å². The summed E-state index contributed by atoms with van der Waals surface area (Å²) in [6, 6.07) is 0. The van der Waals surface area contributed by atoms with Crippen LogP contribution < -0.4 is 5.32 Å². The molecule has 1 heterocycles. The zero-order chi connectivity index (χ0) is 14.6. The molecule has 5 nitrogen and oxygen atoms in total. The summed E-state index contributed by atoms with van der Waals surface area (Å²) in [7, 11) is 3.73. The first-order valence-corrected chi connectivity index (χ1v) is 7.64. The molecule has 0 amide bonds. The van der Waals surface area contributed by atoms with Gasteiger partial charge in [-0.05, 0) is 33.2 Å². The normalized spacial score (nSPS) is 21.6. The maximum absolute atomic E-state index is 5.53. The molecule has 0 bridgehead atoms. The third-order valence-electron chi connectivity index (χ3n) is 4.90. The fourth-order valence-corrected chi connectivity index (χ4v) is 2.97. The van der Waals surface area contributed by atoms with Crippen LogP contribution in [-0.2, 0) is 16.8 Å². The molecule has 114 valence electrons. The Labute approximate surface area is 121 Å². The van der Waals surface area contributed by atoms with Gasteiger partial charge < -0.3 is 14.6 Å². The van der Waals surface area contributed by atoms with Crippen LogP contribution in [0.4, 0.5) is 0 Å². The zero-order valence-electron chi connectivity index (χ0n) is 13.2. The molecule has 2 rings (SSSR count). The monoisotopic (exact) mass is 281 g/mol. The van der Waals surface area contributed by atoms with Crippen LogP contribution in [0.5, 0.6) is 0 Å². The summed E-state index contributed by atoms with van der Waals surface area (Å²) >= 11 is 0. The molecule has 1 atom stereocenters. The van der Waals surface area contributed by atoms with Crippen molar-refractivity contribution in [2.75, 3.05) is 14.2 Å². The Morgan fingerprint density at radius 3 is 2.60 bits per heavy atom. The number of ether oxygens (including phenoxy) is 1. The molecule has 0 aliphatic heterocycles. The number of nitrogens with zero attached hydrogens (tertiary/aromatic N) is 2. The highest BCUT2D eigenvalue weighted by molar-refractivity contribution is 5.03. The standard InChI is InChI=1S/C15H27N3O2/c1-5-14(2,19-4)13-17-12(20-18-13)11-15(16-3)9-7-6-8-10-15/h16H,5-11H2,1-4H3. The topological polar surface area (TPSA) is 60.2 Å². The number of aromatic nitrogens is 2. The largest absolute Gasteiger partial charge is 0.370 e. The lowest BCUT2D eigenvalue weighted by atomic mass is 9.79. The van der Waals surface area contributed by atoms with E-state index in [0.29, 0.717) is 11.7 Å². The fourth-order valence-electron chi connectivity index (χ4n) is 2.97. The maximum Gasteiger partial charge on any atom is 0.228 e. The number of likely N-dealkylation sites (N-methyl/N-ethyl adjacent to an activating group) is 1. The van der Waals surface area contributed by atoms with Crippen molar-refractivity contribution in [2.24, 2.45) is 0 Å². The van der Waals surface area contributed by atoms with E-state index in [4.69, 9.17) is 9.26 Å². The van der Waals surface area contributed by atoms with Gasteiger partial charge in [0, 0.05) is 19.1 Å². The Morgan fingerprint density at radius 2 is 2.05 bits per heavy atom. The van der Waals surface area contributed by atoms with Gasteiger partial charge in [0.05, 0.1) is 0 Å². The van der Waals surface area contributed by atoms with Crippen LogP contribution in [0.25, 0.3) is 0 Å². The van der Waals surface area contributed by atoms with E-state index in [0.717, 1.165) is 12.8 Å². The van der Waals surface area contributed by atoms with E-state index < -0.39 is 5.60 Å². The van der Waals surface area contributed by atoms with Crippen molar-refractivity contribution in [3.05, 3.63) is 11.7 Å². The van der Waals surface area contributed by atoms with Gasteiger partial charge in [-0.2, -0.15) is 4.98 Å². The zero-order valence-corrected chi connectivity index (χ0v) is 13.2. The third kappa shape index (κ3) is 3.04. The summed E-state index contributed by atoms with van der Waals surface area (Å²) in [5.41, 5.74) is -0.334. The van der Waals surface area contributed by atoms with Crippen molar-refractivity contribution >= 4 is 0 Å². The average molecular weight is 281 g/mol. The van der Waals surface area contributed by atoms with Crippen molar-refractivity contribution in [1.29, 1.82) is 0 Å². The van der Waals surface area contributed by atoms with Crippen molar-refractivity contribution < 1.29 is 9.26 Å². The highest BCUT2D eigenvalue weighted by atomic mass is 16.5. The second-order valence-corrected chi connectivity index (χ2v) is 6.07. The van der Waals surface area contributed by atoms with Crippen LogP contribution >= 0.6 is 0 Å². The molecule has 0 saturated heterocycles. The second-order valence-electron chi connectivity index (χ2n) is 6.07. The van der Waals surface area contributed by atoms with Crippen LogP contribution in [0.15, 0.2) is 4.52 Å². The van der Waals surface area contributed by atoms with Gasteiger partial charge in [-0.1, -0.05) is 31.3 Å². The van der Waals surface area contributed by atoms with E-state index >= 15 is 0 Å². The minimum atomic E-state index is -0.457. The molecule has 1 aromatic heterocycles. The molecule has 1 aromatic rings. The van der Waals surface area contributed by atoms with Gasteiger partial charge >= 0.3 is 0 Å². The summed E-state index contributed by atoms with van der Waals surface area (Å²) in [5, 5.41) is 7.60. The SMILES string of the molecule is CCC(C)(OC)c1noc(CC2(NC)CCCCC2)n1. The number of methoxy groups -OCH3 is 1. The van der Waals surface area contributed by atoms with Crippen LogP contribution in [0, 0.1) is 0 Å². The van der Waals surface area contributed by atoms with Gasteiger partial charge in [0.2, 0.25) is 11.7 Å². The summed E-state index contributed by atoms with van der Waals surface area (Å²) in [6.07, 6.45) is 7.85. The Kier molecular flexibility index (Phi) is 4.81. The molecule has 1 saturated carbocycles. The van der Waals surface area contributed by atoms with Gasteiger partial charge in [-0.3, -0.25) is 0 Å². The Bertz CT molecular complexity index is 421. The van der Waals surface area contributed by atoms with E-state index in [-0.39, 0.29) is 5.54 Å². The van der Waals surface area contributed by atoms with Crippen LogP contribution in [0.2, 0.25) is 0 Å². The Hall–Kier alpha value is -0.940. The molecular formula is C15H27N3O2. The molecule has 1 unspecified atom stereocenters. The van der Waals surface area contributed by atoms with Gasteiger partial charge in [-0.25, -0.2) is 0 Å². The van der Waals surface area contributed by atoms with Crippen molar-refractivity contribution in [1.82, 2.24) is 15.5 Å². The summed E-state index contributed by atoms with van der Waals surface area (Å²) < 4.78 is 11.0. The lowest BCUT2D eigenvalue weighted by Crippen LogP contribution is -2.46. The molecule has 1 N–H and O–H groups in total. The summed E-state index contributed by atoms with van der Waals surface area (Å²) in [4.78, 5) is 4.57. The van der Waals surface area contributed by atoms with Gasteiger partial charge in [-0.15, -0.1) is 0 Å². The number of nitrogens with one attached hydrogen (secondary N) is 1. The Balaban J connectivity index is 2.12. The molecule has 1 aliphatic carbocycles. The van der Waals surface area contributed by atoms with E-state index in [1.54, 1.807) is 7.11 Å². The molecule has 1 aliphatic rings. The molecular weight excluding hydrogens is 254 g/mol. The fraction of sp³-hybridized carbons (Fsp3) is 0.867. The predicted octanol–water partition coefficient (Wildman–Crippen LogP) is 2.81. The van der Waals surface area contributed by atoms with Gasteiger partial charge in [0.15, 0.2) is 0 Å². The molecule has 0 aromatic carbocycles. The van der Waals surface area contributed by atoms with Crippen LogP contribution in [0.3, 0.4) is 0 Å². The minimum Gasteiger partial charge on any atom is -0.370 e. The number of hydrogen-bond acceptors (Lipinski definition) is 5. The lowest BCUT2D eigenvalue weighted by molar-refractivity contribution is -0.0106. The predicted molar refractivity (Wildman–Crippen MR) is 77.5 cm³/mol. The van der Waals surface area contributed by atoms with Crippen LogP contribution in [0.1, 0.15) is 64.1 Å². The number of rotatable bonds is 6. The van der Waals surface area contributed by atoms with E-state index in [1.165, 1.54) is 32.1 Å².